The van der Waals surface area contributed by atoms with Gasteiger partial charge >= 0.3 is 0 Å². The number of rotatable bonds is 6. The number of aromatic nitrogens is 3. The molecule has 0 aliphatic carbocycles. The molecule has 0 spiro atoms. The summed E-state index contributed by atoms with van der Waals surface area (Å²) >= 11 is 5.83. The van der Waals surface area contributed by atoms with Gasteiger partial charge in [-0.05, 0) is 38.9 Å². The van der Waals surface area contributed by atoms with E-state index < -0.39 is 0 Å². The lowest BCUT2D eigenvalue weighted by Crippen LogP contribution is -2.31. The van der Waals surface area contributed by atoms with Crippen LogP contribution in [-0.2, 0) is 12.8 Å². The molecule has 1 N–H and O–H groups in total. The van der Waals surface area contributed by atoms with Gasteiger partial charge in [0.2, 0.25) is 0 Å². The fourth-order valence-electron chi connectivity index (χ4n) is 2.32. The third-order valence-electron chi connectivity index (χ3n) is 3.47. The van der Waals surface area contributed by atoms with Gasteiger partial charge in [-0.25, -0.2) is 14.1 Å². The van der Waals surface area contributed by atoms with Crippen LogP contribution in [0.5, 0.6) is 0 Å². The minimum absolute atomic E-state index is 0.0691. The highest BCUT2D eigenvalue weighted by Crippen LogP contribution is 2.20. The Morgan fingerprint density at radius 2 is 2.10 bits per heavy atom. The highest BCUT2D eigenvalue weighted by Gasteiger charge is 2.17. The Bertz CT molecular complexity index is 597. The Balaban J connectivity index is 2.13. The maximum absolute atomic E-state index is 14.0. The molecule has 0 bridgehead atoms. The van der Waals surface area contributed by atoms with Crippen LogP contribution in [0.4, 0.5) is 4.39 Å². The molecule has 1 aromatic heterocycles. The zero-order chi connectivity index (χ0) is 15.4. The summed E-state index contributed by atoms with van der Waals surface area (Å²) in [6.07, 6.45) is 2.79. The number of likely N-dealkylation sites (N-methyl/N-ethyl adjacent to an activating group) is 1. The van der Waals surface area contributed by atoms with E-state index in [1.54, 1.807) is 24.5 Å². The highest BCUT2D eigenvalue weighted by atomic mass is 35.5. The molecular formula is C15H20ClFN4. The van der Waals surface area contributed by atoms with Gasteiger partial charge in [0.1, 0.15) is 18.0 Å². The van der Waals surface area contributed by atoms with E-state index in [0.29, 0.717) is 18.4 Å². The lowest BCUT2D eigenvalue weighted by Gasteiger charge is -2.18. The standard InChI is InChI=1S/C15H20ClFN4/c1-10(2)21-14(19-9-20-21)8-12(18-3)7-11-5-4-6-13(16)15(11)17/h4-6,9-10,12,18H,7-8H2,1-3H3. The van der Waals surface area contributed by atoms with Crippen LogP contribution in [0.3, 0.4) is 0 Å². The predicted octanol–water partition coefficient (Wildman–Crippen LogP) is 3.02. The van der Waals surface area contributed by atoms with Crippen molar-refractivity contribution >= 4 is 11.6 Å². The second kappa shape index (κ2) is 7.00. The lowest BCUT2D eigenvalue weighted by atomic mass is 10.0. The van der Waals surface area contributed by atoms with Gasteiger partial charge in [0.15, 0.2) is 0 Å². The topological polar surface area (TPSA) is 42.7 Å². The summed E-state index contributed by atoms with van der Waals surface area (Å²) in [6, 6.07) is 5.41. The molecule has 0 radical (unpaired) electrons. The van der Waals surface area contributed by atoms with Crippen molar-refractivity contribution in [3.05, 3.63) is 46.8 Å². The van der Waals surface area contributed by atoms with Gasteiger partial charge in [0.05, 0.1) is 5.02 Å². The summed E-state index contributed by atoms with van der Waals surface area (Å²) in [5.41, 5.74) is 0.609. The van der Waals surface area contributed by atoms with Crippen LogP contribution >= 0.6 is 11.6 Å². The van der Waals surface area contributed by atoms with Crippen LogP contribution < -0.4 is 5.32 Å². The highest BCUT2D eigenvalue weighted by molar-refractivity contribution is 6.30. The molecule has 1 heterocycles. The van der Waals surface area contributed by atoms with Gasteiger partial charge in [-0.1, -0.05) is 23.7 Å². The fourth-order valence-corrected chi connectivity index (χ4v) is 2.51. The Kier molecular flexibility index (Phi) is 5.31. The van der Waals surface area contributed by atoms with Gasteiger partial charge in [-0.15, -0.1) is 0 Å². The van der Waals surface area contributed by atoms with Crippen molar-refractivity contribution in [2.75, 3.05) is 7.05 Å². The summed E-state index contributed by atoms with van der Waals surface area (Å²) in [5, 5.41) is 7.60. The summed E-state index contributed by atoms with van der Waals surface area (Å²) < 4.78 is 15.9. The lowest BCUT2D eigenvalue weighted by molar-refractivity contribution is 0.466. The van der Waals surface area contributed by atoms with E-state index in [4.69, 9.17) is 11.6 Å². The molecule has 0 fully saturated rings. The molecule has 2 rings (SSSR count). The molecular weight excluding hydrogens is 291 g/mol. The Hall–Kier alpha value is -1.46. The van der Waals surface area contributed by atoms with E-state index in [2.05, 4.69) is 29.2 Å². The fraction of sp³-hybridized carbons (Fsp3) is 0.467. The first-order chi connectivity index (χ1) is 10.0. The Morgan fingerprint density at radius 3 is 2.76 bits per heavy atom. The monoisotopic (exact) mass is 310 g/mol. The average Bonchev–Trinajstić information content (AvgIpc) is 2.91. The smallest absolute Gasteiger partial charge is 0.145 e. The second-order valence-electron chi connectivity index (χ2n) is 5.32. The van der Waals surface area contributed by atoms with Crippen LogP contribution in [0.25, 0.3) is 0 Å². The third-order valence-corrected chi connectivity index (χ3v) is 3.76. The first-order valence-electron chi connectivity index (χ1n) is 7.01. The maximum Gasteiger partial charge on any atom is 0.145 e. The second-order valence-corrected chi connectivity index (χ2v) is 5.73. The van der Waals surface area contributed by atoms with Crippen LogP contribution in [0.15, 0.2) is 24.5 Å². The van der Waals surface area contributed by atoms with E-state index >= 15 is 0 Å². The number of nitrogens with zero attached hydrogens (tertiary/aromatic N) is 3. The molecule has 0 aliphatic heterocycles. The largest absolute Gasteiger partial charge is 0.316 e. The van der Waals surface area contributed by atoms with Crippen molar-refractivity contribution in [1.82, 2.24) is 20.1 Å². The van der Waals surface area contributed by atoms with Crippen molar-refractivity contribution in [3.8, 4) is 0 Å². The van der Waals surface area contributed by atoms with Crippen molar-refractivity contribution in [2.45, 2.75) is 38.8 Å². The molecule has 2 aromatic rings. The zero-order valence-corrected chi connectivity index (χ0v) is 13.2. The first kappa shape index (κ1) is 15.9. The normalized spacial score (nSPS) is 12.9. The van der Waals surface area contributed by atoms with Crippen LogP contribution in [0, 0.1) is 5.82 Å². The van der Waals surface area contributed by atoms with Gasteiger partial charge in [0.25, 0.3) is 0 Å². The molecule has 0 aliphatic rings. The number of benzene rings is 1. The molecule has 114 valence electrons. The van der Waals surface area contributed by atoms with E-state index in [-0.39, 0.29) is 22.9 Å². The molecule has 1 aromatic carbocycles. The molecule has 6 heteroatoms. The van der Waals surface area contributed by atoms with Gasteiger partial charge in [0, 0.05) is 18.5 Å². The van der Waals surface area contributed by atoms with Crippen molar-refractivity contribution in [2.24, 2.45) is 0 Å². The number of halogens is 2. The van der Waals surface area contributed by atoms with Crippen LogP contribution in [-0.4, -0.2) is 27.9 Å². The van der Waals surface area contributed by atoms with Crippen LogP contribution in [0.2, 0.25) is 5.02 Å². The zero-order valence-electron chi connectivity index (χ0n) is 12.5. The van der Waals surface area contributed by atoms with E-state index in [0.717, 1.165) is 5.82 Å². The SMILES string of the molecule is CNC(Cc1cccc(Cl)c1F)Cc1ncnn1C(C)C. The number of hydrogen-bond donors (Lipinski definition) is 1. The molecule has 0 amide bonds. The molecule has 4 nitrogen and oxygen atoms in total. The average molecular weight is 311 g/mol. The summed E-state index contributed by atoms with van der Waals surface area (Å²) in [7, 11) is 1.86. The summed E-state index contributed by atoms with van der Waals surface area (Å²) in [6.45, 7) is 4.12. The summed E-state index contributed by atoms with van der Waals surface area (Å²) in [4.78, 5) is 4.30. The Morgan fingerprint density at radius 1 is 1.33 bits per heavy atom. The summed E-state index contributed by atoms with van der Waals surface area (Å²) in [5.74, 6) is 0.552. The molecule has 0 saturated carbocycles. The van der Waals surface area contributed by atoms with Crippen molar-refractivity contribution in [1.29, 1.82) is 0 Å². The molecule has 1 unspecified atom stereocenters. The van der Waals surface area contributed by atoms with E-state index in [1.807, 2.05) is 11.7 Å². The molecule has 0 saturated heterocycles. The number of hydrogen-bond acceptors (Lipinski definition) is 3. The minimum atomic E-state index is -0.343. The number of nitrogens with one attached hydrogen (secondary N) is 1. The first-order valence-corrected chi connectivity index (χ1v) is 7.39. The van der Waals surface area contributed by atoms with Gasteiger partial charge < -0.3 is 5.32 Å². The molecule has 1 atom stereocenters. The Labute approximate surface area is 129 Å². The minimum Gasteiger partial charge on any atom is -0.316 e. The van der Waals surface area contributed by atoms with E-state index in [9.17, 15) is 4.39 Å². The third kappa shape index (κ3) is 3.80. The predicted molar refractivity (Wildman–Crippen MR) is 82.1 cm³/mol. The van der Waals surface area contributed by atoms with Gasteiger partial charge in [-0.3, -0.25) is 0 Å². The van der Waals surface area contributed by atoms with Crippen molar-refractivity contribution in [3.63, 3.8) is 0 Å². The van der Waals surface area contributed by atoms with E-state index in [1.165, 1.54) is 0 Å². The molecule has 21 heavy (non-hydrogen) atoms. The van der Waals surface area contributed by atoms with Crippen LogP contribution in [0.1, 0.15) is 31.3 Å². The quantitative estimate of drug-likeness (QED) is 0.892. The van der Waals surface area contributed by atoms with Gasteiger partial charge in [-0.2, -0.15) is 5.10 Å². The van der Waals surface area contributed by atoms with Crippen molar-refractivity contribution < 1.29 is 4.39 Å². The maximum atomic E-state index is 14.0.